The fraction of sp³-hybridized carbons (Fsp3) is 0.625. The number of aliphatic hydroxyl groups is 1. The van der Waals surface area contributed by atoms with E-state index in [1.54, 1.807) is 11.3 Å². The second kappa shape index (κ2) is 6.09. The van der Waals surface area contributed by atoms with E-state index in [9.17, 15) is 0 Å². The molecule has 0 saturated carbocycles. The third-order valence-electron chi connectivity index (χ3n) is 3.83. The molecule has 0 amide bonds. The molecule has 1 unspecified atom stereocenters. The molecule has 1 N–H and O–H groups in total. The number of likely N-dealkylation sites (tertiary alicyclic amines) is 1. The highest BCUT2D eigenvalue weighted by atomic mass is 32.1. The Kier molecular flexibility index (Phi) is 4.67. The zero-order valence-corrected chi connectivity index (χ0v) is 12.9. The van der Waals surface area contributed by atoms with E-state index in [1.165, 1.54) is 24.4 Å². The lowest BCUT2D eigenvalue weighted by atomic mass is 9.80. The van der Waals surface area contributed by atoms with Crippen molar-refractivity contribution in [2.75, 3.05) is 19.7 Å². The van der Waals surface area contributed by atoms with Crippen LogP contribution in [-0.4, -0.2) is 29.7 Å². The summed E-state index contributed by atoms with van der Waals surface area (Å²) in [6.45, 7) is 10.4. The Labute approximate surface area is 120 Å². The van der Waals surface area contributed by atoms with E-state index in [0.717, 1.165) is 17.3 Å². The van der Waals surface area contributed by atoms with Crippen molar-refractivity contribution in [1.82, 2.24) is 4.90 Å². The van der Waals surface area contributed by atoms with Gasteiger partial charge in [0.25, 0.3) is 0 Å². The SMILES string of the molecule is CC(C)(C)C1CCN(Cc2ccc(C#CCO)s2)C1. The Morgan fingerprint density at radius 1 is 1.42 bits per heavy atom. The minimum absolute atomic E-state index is 0.0629. The molecule has 0 aliphatic carbocycles. The average molecular weight is 277 g/mol. The summed E-state index contributed by atoms with van der Waals surface area (Å²) in [6.07, 6.45) is 1.31. The quantitative estimate of drug-likeness (QED) is 0.840. The minimum Gasteiger partial charge on any atom is -0.384 e. The van der Waals surface area contributed by atoms with Gasteiger partial charge in [-0.15, -0.1) is 11.3 Å². The van der Waals surface area contributed by atoms with Crippen LogP contribution in [0.4, 0.5) is 0 Å². The van der Waals surface area contributed by atoms with Crippen LogP contribution in [0.15, 0.2) is 12.1 Å². The van der Waals surface area contributed by atoms with Crippen molar-refractivity contribution in [3.05, 3.63) is 21.9 Å². The monoisotopic (exact) mass is 277 g/mol. The van der Waals surface area contributed by atoms with Crippen LogP contribution in [0.2, 0.25) is 0 Å². The lowest BCUT2D eigenvalue weighted by Gasteiger charge is -2.27. The molecule has 1 atom stereocenters. The van der Waals surface area contributed by atoms with Crippen molar-refractivity contribution in [1.29, 1.82) is 0 Å². The van der Waals surface area contributed by atoms with Gasteiger partial charge >= 0.3 is 0 Å². The normalized spacial score (nSPS) is 20.3. The minimum atomic E-state index is -0.0629. The first-order valence-corrected chi connectivity index (χ1v) is 7.71. The molecule has 2 heterocycles. The fourth-order valence-electron chi connectivity index (χ4n) is 2.56. The summed E-state index contributed by atoms with van der Waals surface area (Å²) >= 11 is 1.74. The van der Waals surface area contributed by atoms with Gasteiger partial charge in [0.15, 0.2) is 0 Å². The van der Waals surface area contributed by atoms with Crippen LogP contribution in [0.1, 0.15) is 36.9 Å². The number of hydrogen-bond acceptors (Lipinski definition) is 3. The summed E-state index contributed by atoms with van der Waals surface area (Å²) in [5, 5.41) is 8.69. The average Bonchev–Trinajstić information content (AvgIpc) is 2.95. The molecule has 0 aromatic carbocycles. The molecule has 2 rings (SSSR count). The summed E-state index contributed by atoms with van der Waals surface area (Å²) in [7, 11) is 0. The second-order valence-corrected chi connectivity index (χ2v) is 7.48. The number of thiophene rings is 1. The zero-order valence-electron chi connectivity index (χ0n) is 12.1. The summed E-state index contributed by atoms with van der Waals surface area (Å²) in [5.74, 6) is 6.48. The fourth-order valence-corrected chi connectivity index (χ4v) is 3.49. The highest BCUT2D eigenvalue weighted by Gasteiger charge is 2.31. The maximum Gasteiger partial charge on any atom is 0.104 e. The number of nitrogens with zero attached hydrogens (tertiary/aromatic N) is 1. The van der Waals surface area contributed by atoms with E-state index in [-0.39, 0.29) is 6.61 Å². The summed E-state index contributed by atoms with van der Waals surface area (Å²) in [5.41, 5.74) is 0.419. The van der Waals surface area contributed by atoms with Crippen LogP contribution in [0.25, 0.3) is 0 Å². The van der Waals surface area contributed by atoms with Crippen molar-refractivity contribution in [2.45, 2.75) is 33.7 Å². The lowest BCUT2D eigenvalue weighted by Crippen LogP contribution is -2.25. The summed E-state index contributed by atoms with van der Waals surface area (Å²) in [6, 6.07) is 4.22. The molecule has 1 saturated heterocycles. The highest BCUT2D eigenvalue weighted by molar-refractivity contribution is 7.12. The van der Waals surface area contributed by atoms with E-state index in [0.29, 0.717) is 5.41 Å². The molecule has 0 bridgehead atoms. The standard InChI is InChI=1S/C16H23NOS/c1-16(2,3)13-8-9-17(11-13)12-15-7-6-14(19-15)5-4-10-18/h6-7,13,18H,8-12H2,1-3H3. The predicted molar refractivity (Wildman–Crippen MR) is 81.1 cm³/mol. The number of hydrogen-bond donors (Lipinski definition) is 1. The molecule has 1 fully saturated rings. The van der Waals surface area contributed by atoms with Crippen LogP contribution in [0.3, 0.4) is 0 Å². The molecule has 1 aliphatic rings. The molecule has 2 nitrogen and oxygen atoms in total. The van der Waals surface area contributed by atoms with E-state index in [2.05, 4.69) is 49.6 Å². The molecule has 3 heteroatoms. The number of rotatable bonds is 2. The molecule has 1 aliphatic heterocycles. The van der Waals surface area contributed by atoms with Crippen LogP contribution in [-0.2, 0) is 6.54 Å². The molecule has 19 heavy (non-hydrogen) atoms. The van der Waals surface area contributed by atoms with Crippen molar-refractivity contribution >= 4 is 11.3 Å². The Morgan fingerprint density at radius 2 is 2.21 bits per heavy atom. The molecule has 0 spiro atoms. The predicted octanol–water partition coefficient (Wildman–Crippen LogP) is 2.96. The van der Waals surface area contributed by atoms with Gasteiger partial charge < -0.3 is 5.11 Å². The Bertz CT molecular complexity index is 475. The van der Waals surface area contributed by atoms with Gasteiger partial charge in [0.1, 0.15) is 6.61 Å². The van der Waals surface area contributed by atoms with Gasteiger partial charge in [-0.25, -0.2) is 0 Å². The zero-order chi connectivity index (χ0) is 13.9. The number of aliphatic hydroxyl groups excluding tert-OH is 1. The van der Waals surface area contributed by atoms with E-state index >= 15 is 0 Å². The van der Waals surface area contributed by atoms with Crippen LogP contribution >= 0.6 is 11.3 Å². The molecular formula is C16H23NOS. The Hall–Kier alpha value is -0.820. The van der Waals surface area contributed by atoms with Gasteiger partial charge in [0.05, 0.1) is 4.88 Å². The van der Waals surface area contributed by atoms with Crippen LogP contribution in [0, 0.1) is 23.2 Å². The van der Waals surface area contributed by atoms with E-state index < -0.39 is 0 Å². The van der Waals surface area contributed by atoms with Crippen LogP contribution < -0.4 is 0 Å². The largest absolute Gasteiger partial charge is 0.384 e. The van der Waals surface area contributed by atoms with Gasteiger partial charge in [-0.2, -0.15) is 0 Å². The van der Waals surface area contributed by atoms with Gasteiger partial charge in [0.2, 0.25) is 0 Å². The first kappa shape index (κ1) is 14.6. The maximum absolute atomic E-state index is 8.69. The lowest BCUT2D eigenvalue weighted by molar-refractivity contribution is 0.227. The van der Waals surface area contributed by atoms with Gasteiger partial charge in [-0.1, -0.05) is 32.6 Å². The van der Waals surface area contributed by atoms with Crippen LogP contribution in [0.5, 0.6) is 0 Å². The highest BCUT2D eigenvalue weighted by Crippen LogP contribution is 2.34. The molecule has 1 aromatic heterocycles. The molecule has 1 aromatic rings. The first-order chi connectivity index (χ1) is 8.99. The van der Waals surface area contributed by atoms with Crippen molar-refractivity contribution in [3.8, 4) is 11.8 Å². The van der Waals surface area contributed by atoms with Gasteiger partial charge in [-0.05, 0) is 36.4 Å². The second-order valence-electron chi connectivity index (χ2n) is 6.31. The Balaban J connectivity index is 1.91. The van der Waals surface area contributed by atoms with Crippen molar-refractivity contribution < 1.29 is 5.11 Å². The molecular weight excluding hydrogens is 254 g/mol. The van der Waals surface area contributed by atoms with Gasteiger partial charge in [-0.3, -0.25) is 4.90 Å². The van der Waals surface area contributed by atoms with Crippen molar-refractivity contribution in [2.24, 2.45) is 11.3 Å². The third-order valence-corrected chi connectivity index (χ3v) is 4.81. The van der Waals surface area contributed by atoms with Crippen molar-refractivity contribution in [3.63, 3.8) is 0 Å². The smallest absolute Gasteiger partial charge is 0.104 e. The summed E-state index contributed by atoms with van der Waals surface area (Å²) in [4.78, 5) is 4.97. The van der Waals surface area contributed by atoms with E-state index in [1.807, 2.05) is 0 Å². The van der Waals surface area contributed by atoms with E-state index in [4.69, 9.17) is 5.11 Å². The summed E-state index contributed by atoms with van der Waals surface area (Å²) < 4.78 is 0. The first-order valence-electron chi connectivity index (χ1n) is 6.90. The molecule has 0 radical (unpaired) electrons. The Morgan fingerprint density at radius 3 is 2.84 bits per heavy atom. The van der Waals surface area contributed by atoms with Gasteiger partial charge in [0, 0.05) is 18.0 Å². The maximum atomic E-state index is 8.69. The third kappa shape index (κ3) is 4.07. The topological polar surface area (TPSA) is 23.5 Å². The molecule has 104 valence electrons.